The fraction of sp³-hybridized carbons (Fsp3) is 0.400. The third kappa shape index (κ3) is 8.53. The number of aromatic carboxylic acids is 1. The summed E-state index contributed by atoms with van der Waals surface area (Å²) in [5, 5.41) is 9.09. The van der Waals surface area contributed by atoms with Crippen molar-refractivity contribution < 1.29 is 14.6 Å². The molecule has 4 nitrogen and oxygen atoms in total. The molecule has 2 aromatic carbocycles. The Bertz CT molecular complexity index is 746. The molecule has 158 valence electrons. The van der Waals surface area contributed by atoms with E-state index in [0.29, 0.717) is 30.9 Å². The first-order valence-corrected chi connectivity index (χ1v) is 10.2. The van der Waals surface area contributed by atoms with Gasteiger partial charge in [0.2, 0.25) is 0 Å². The molecule has 0 fully saturated rings. The zero-order chi connectivity index (χ0) is 21.8. The highest BCUT2D eigenvalue weighted by molar-refractivity contribution is 5.88. The molecule has 0 aliphatic rings. The van der Waals surface area contributed by atoms with Crippen LogP contribution in [0.15, 0.2) is 61.2 Å². The maximum atomic E-state index is 11.1. The highest BCUT2D eigenvalue weighted by Gasteiger charge is 2.10. The summed E-state index contributed by atoms with van der Waals surface area (Å²) < 4.78 is 5.58. The van der Waals surface area contributed by atoms with Crippen molar-refractivity contribution in [1.82, 2.24) is 4.90 Å². The molecule has 0 saturated heterocycles. The highest BCUT2D eigenvalue weighted by atomic mass is 16.5. The van der Waals surface area contributed by atoms with Crippen molar-refractivity contribution in [2.24, 2.45) is 0 Å². The van der Waals surface area contributed by atoms with Crippen molar-refractivity contribution in [3.63, 3.8) is 0 Å². The van der Waals surface area contributed by atoms with Gasteiger partial charge in [-0.15, -0.1) is 0 Å². The third-order valence-electron chi connectivity index (χ3n) is 4.59. The van der Waals surface area contributed by atoms with Gasteiger partial charge < -0.3 is 9.84 Å². The number of hydrogen-bond donors (Lipinski definition) is 1. The van der Waals surface area contributed by atoms with E-state index in [1.807, 2.05) is 30.3 Å². The molecule has 0 bridgehead atoms. The zero-order valence-corrected chi connectivity index (χ0v) is 18.4. The molecular weight excluding hydrogens is 362 g/mol. The minimum absolute atomic E-state index is 0.266. The largest absolute Gasteiger partial charge is 0.489 e. The lowest BCUT2D eigenvalue weighted by atomic mass is 10.0. The first-order valence-electron chi connectivity index (χ1n) is 10.2. The van der Waals surface area contributed by atoms with Gasteiger partial charge in [-0.1, -0.05) is 49.9 Å². The summed E-state index contributed by atoms with van der Waals surface area (Å²) in [5.74, 6) is -0.242. The molecule has 0 unspecified atom stereocenters. The van der Waals surface area contributed by atoms with E-state index in [9.17, 15) is 4.79 Å². The molecule has 0 spiro atoms. The minimum Gasteiger partial charge on any atom is -0.489 e. The summed E-state index contributed by atoms with van der Waals surface area (Å²) in [5.41, 5.74) is 2.23. The molecule has 29 heavy (non-hydrogen) atoms. The van der Waals surface area contributed by atoms with Crippen molar-refractivity contribution in [1.29, 1.82) is 0 Å². The normalized spacial score (nSPS) is 10.6. The minimum atomic E-state index is -0.936. The van der Waals surface area contributed by atoms with Gasteiger partial charge in [0.25, 0.3) is 0 Å². The zero-order valence-electron chi connectivity index (χ0n) is 18.4. The number of ether oxygens (including phenoxy) is 1. The van der Waals surface area contributed by atoms with Gasteiger partial charge in [0, 0.05) is 18.5 Å². The van der Waals surface area contributed by atoms with Gasteiger partial charge in [-0.2, -0.15) is 0 Å². The van der Waals surface area contributed by atoms with Crippen molar-refractivity contribution in [3.8, 4) is 5.75 Å². The fourth-order valence-corrected chi connectivity index (χ4v) is 3.28. The Balaban J connectivity index is 0.000000396. The van der Waals surface area contributed by atoms with Gasteiger partial charge in [0.1, 0.15) is 12.4 Å². The van der Waals surface area contributed by atoms with Crippen molar-refractivity contribution >= 4 is 5.97 Å². The fourth-order valence-electron chi connectivity index (χ4n) is 3.28. The Kier molecular flexibility index (Phi) is 10.8. The Hall–Kier alpha value is -2.59. The monoisotopic (exact) mass is 397 g/mol. The molecule has 0 amide bonds. The van der Waals surface area contributed by atoms with E-state index in [4.69, 9.17) is 9.84 Å². The van der Waals surface area contributed by atoms with Gasteiger partial charge in [0.15, 0.2) is 0 Å². The molecule has 0 atom stereocenters. The van der Waals surface area contributed by atoms with Crippen LogP contribution < -0.4 is 4.74 Å². The van der Waals surface area contributed by atoms with E-state index in [0.717, 1.165) is 17.7 Å². The predicted octanol–water partition coefficient (Wildman–Crippen LogP) is 5.67. The van der Waals surface area contributed by atoms with Gasteiger partial charge in [-0.25, -0.2) is 4.79 Å². The molecule has 2 aromatic rings. The molecule has 2 rings (SSSR count). The third-order valence-corrected chi connectivity index (χ3v) is 4.59. The lowest BCUT2D eigenvalue weighted by Crippen LogP contribution is -2.36. The number of carboxylic acids is 1. The van der Waals surface area contributed by atoms with Crippen LogP contribution in [0.2, 0.25) is 0 Å². The van der Waals surface area contributed by atoms with Crippen LogP contribution in [0.25, 0.3) is 0 Å². The molecule has 0 aromatic heterocycles. The number of hydrogen-bond acceptors (Lipinski definition) is 3. The van der Waals surface area contributed by atoms with Crippen molar-refractivity contribution in [2.75, 3.05) is 13.2 Å². The van der Waals surface area contributed by atoms with Crippen LogP contribution in [-0.4, -0.2) is 41.2 Å². The van der Waals surface area contributed by atoms with Gasteiger partial charge in [0.05, 0.1) is 5.56 Å². The first kappa shape index (κ1) is 24.4. The molecule has 1 N–H and O–H groups in total. The molecule has 0 radical (unpaired) electrons. The van der Waals surface area contributed by atoms with Crippen LogP contribution in [0.3, 0.4) is 0 Å². The molecular formula is C25H35NO3. The van der Waals surface area contributed by atoms with Crippen LogP contribution in [0.1, 0.15) is 56.1 Å². The standard InChI is InChI=1S/C17H16O3.C8H19N/c1-2-10-20-16-9-8-14(17(18)19)12-15(16)11-13-6-4-3-5-7-13;1-6-9(7(2)3)8(4)5/h2-9,12H,1,10-11H2,(H,18,19);7-8H,6H2,1-5H3. The quantitative estimate of drug-likeness (QED) is 0.554. The maximum absolute atomic E-state index is 11.1. The van der Waals surface area contributed by atoms with E-state index >= 15 is 0 Å². The number of nitrogens with zero attached hydrogens (tertiary/aromatic N) is 1. The van der Waals surface area contributed by atoms with E-state index < -0.39 is 5.97 Å². The van der Waals surface area contributed by atoms with Crippen LogP contribution >= 0.6 is 0 Å². The number of rotatable bonds is 9. The van der Waals surface area contributed by atoms with Crippen LogP contribution in [0.4, 0.5) is 0 Å². The number of benzene rings is 2. The van der Waals surface area contributed by atoms with E-state index in [1.54, 1.807) is 24.3 Å². The Morgan fingerprint density at radius 3 is 2.17 bits per heavy atom. The maximum Gasteiger partial charge on any atom is 0.335 e. The Labute approximate surface area is 175 Å². The predicted molar refractivity (Wildman–Crippen MR) is 121 cm³/mol. The van der Waals surface area contributed by atoms with Crippen LogP contribution in [0.5, 0.6) is 5.75 Å². The lowest BCUT2D eigenvalue weighted by Gasteiger charge is -2.28. The van der Waals surface area contributed by atoms with Gasteiger partial charge in [-0.05, 0) is 63.6 Å². The molecule has 0 saturated carbocycles. The van der Waals surface area contributed by atoms with Gasteiger partial charge >= 0.3 is 5.97 Å². The molecule has 0 heterocycles. The Morgan fingerprint density at radius 2 is 1.72 bits per heavy atom. The summed E-state index contributed by atoms with van der Waals surface area (Å²) >= 11 is 0. The van der Waals surface area contributed by atoms with Crippen LogP contribution in [0, 0.1) is 0 Å². The second-order valence-electron chi connectivity index (χ2n) is 7.41. The smallest absolute Gasteiger partial charge is 0.335 e. The first-order chi connectivity index (χ1) is 13.8. The van der Waals surface area contributed by atoms with Gasteiger partial charge in [-0.3, -0.25) is 4.90 Å². The SMILES string of the molecule is C=CCOc1ccc(C(=O)O)cc1Cc1ccccc1.CCN(C(C)C)C(C)C. The summed E-state index contributed by atoms with van der Waals surface area (Å²) in [6.07, 6.45) is 2.30. The second kappa shape index (κ2) is 12.8. The van der Waals surface area contributed by atoms with Crippen LogP contribution in [-0.2, 0) is 6.42 Å². The number of carboxylic acid groups (broad SMARTS) is 1. The summed E-state index contributed by atoms with van der Waals surface area (Å²) in [6, 6.07) is 16.2. The highest BCUT2D eigenvalue weighted by Crippen LogP contribution is 2.23. The molecule has 0 aliphatic carbocycles. The average Bonchev–Trinajstić information content (AvgIpc) is 2.68. The summed E-state index contributed by atoms with van der Waals surface area (Å²) in [6.45, 7) is 16.3. The topological polar surface area (TPSA) is 49.8 Å². The van der Waals surface area contributed by atoms with Crippen molar-refractivity contribution in [3.05, 3.63) is 77.9 Å². The summed E-state index contributed by atoms with van der Waals surface area (Å²) in [4.78, 5) is 13.5. The lowest BCUT2D eigenvalue weighted by molar-refractivity contribution is 0.0696. The van der Waals surface area contributed by atoms with E-state index in [-0.39, 0.29) is 5.56 Å². The van der Waals surface area contributed by atoms with Crippen molar-refractivity contribution in [2.45, 2.75) is 53.1 Å². The molecule has 0 aliphatic heterocycles. The molecule has 4 heteroatoms. The van der Waals surface area contributed by atoms with E-state index in [2.05, 4.69) is 46.1 Å². The van der Waals surface area contributed by atoms with E-state index in [1.165, 1.54) is 0 Å². The summed E-state index contributed by atoms with van der Waals surface area (Å²) in [7, 11) is 0. The Morgan fingerprint density at radius 1 is 1.10 bits per heavy atom. The second-order valence-corrected chi connectivity index (χ2v) is 7.41. The average molecular weight is 398 g/mol. The number of carbonyl (C=O) groups is 1.